The van der Waals surface area contributed by atoms with Crippen LogP contribution in [0.15, 0.2) is 10.4 Å². The van der Waals surface area contributed by atoms with Crippen LogP contribution in [0.4, 0.5) is 13.2 Å². The van der Waals surface area contributed by atoms with E-state index in [0.29, 0.717) is 44.5 Å². The predicted molar refractivity (Wildman–Crippen MR) is 115 cm³/mol. The molecule has 1 saturated heterocycles. The number of aliphatic imine (C=N–C) groups is 1. The molecule has 1 atom stereocenters. The van der Waals surface area contributed by atoms with Crippen molar-refractivity contribution in [3.63, 3.8) is 0 Å². The monoisotopic (exact) mass is 519 g/mol. The van der Waals surface area contributed by atoms with Crippen LogP contribution >= 0.6 is 35.3 Å². The number of aromatic nitrogens is 1. The summed E-state index contributed by atoms with van der Waals surface area (Å²) in [6.45, 7) is 7.50. The second-order valence-electron chi connectivity index (χ2n) is 6.82. The molecular formula is C17H29F3IN5S. The van der Waals surface area contributed by atoms with Gasteiger partial charge in [0.15, 0.2) is 5.96 Å². The summed E-state index contributed by atoms with van der Waals surface area (Å²) in [5.41, 5.74) is 1.04. The number of hydrogen-bond acceptors (Lipinski definition) is 4. The van der Waals surface area contributed by atoms with E-state index in [1.165, 1.54) is 4.90 Å². The molecule has 0 aromatic carbocycles. The van der Waals surface area contributed by atoms with Gasteiger partial charge in [-0.05, 0) is 13.3 Å². The van der Waals surface area contributed by atoms with E-state index < -0.39 is 12.7 Å². The molecule has 2 N–H and O–H groups in total. The zero-order chi connectivity index (χ0) is 19.2. The molecule has 1 aliphatic heterocycles. The third-order valence-electron chi connectivity index (χ3n) is 4.06. The highest BCUT2D eigenvalue weighted by atomic mass is 127. The van der Waals surface area contributed by atoms with Gasteiger partial charge in [-0.1, -0.05) is 13.8 Å². The molecule has 0 radical (unpaired) electrons. The first-order valence-electron chi connectivity index (χ1n) is 9.05. The molecule has 1 aromatic rings. The Morgan fingerprint density at radius 1 is 1.44 bits per heavy atom. The van der Waals surface area contributed by atoms with Gasteiger partial charge in [-0.15, -0.1) is 35.3 Å². The van der Waals surface area contributed by atoms with E-state index in [-0.39, 0.29) is 30.0 Å². The smallest absolute Gasteiger partial charge is 0.357 e. The van der Waals surface area contributed by atoms with Crippen LogP contribution in [0, 0.1) is 0 Å². The number of likely N-dealkylation sites (tertiary alicyclic amines) is 1. The fourth-order valence-corrected chi connectivity index (χ4v) is 3.72. The van der Waals surface area contributed by atoms with Gasteiger partial charge < -0.3 is 10.6 Å². The maximum absolute atomic E-state index is 12.5. The van der Waals surface area contributed by atoms with Gasteiger partial charge in [-0.25, -0.2) is 4.98 Å². The lowest BCUT2D eigenvalue weighted by molar-refractivity contribution is -0.143. The SMILES string of the molecule is CCNC(=NCCc1csc(C(C)C)n1)NC1CCN(CC(F)(F)F)C1.I. The van der Waals surface area contributed by atoms with Crippen LogP contribution in [-0.4, -0.2) is 60.8 Å². The fourth-order valence-electron chi connectivity index (χ4n) is 2.85. The molecule has 0 amide bonds. The van der Waals surface area contributed by atoms with Gasteiger partial charge in [0, 0.05) is 49.9 Å². The van der Waals surface area contributed by atoms with Crippen LogP contribution in [0.25, 0.3) is 0 Å². The average molecular weight is 519 g/mol. The Morgan fingerprint density at radius 2 is 2.19 bits per heavy atom. The van der Waals surface area contributed by atoms with Crippen LogP contribution in [0.5, 0.6) is 0 Å². The third kappa shape index (κ3) is 8.95. The number of alkyl halides is 3. The summed E-state index contributed by atoms with van der Waals surface area (Å²) in [5.74, 6) is 1.09. The van der Waals surface area contributed by atoms with E-state index in [4.69, 9.17) is 0 Å². The molecule has 0 spiro atoms. The highest BCUT2D eigenvalue weighted by Crippen LogP contribution is 2.20. The molecule has 1 aliphatic rings. The Kier molecular flexibility index (Phi) is 10.3. The van der Waals surface area contributed by atoms with E-state index in [0.717, 1.165) is 17.1 Å². The number of nitrogens with one attached hydrogen (secondary N) is 2. The normalized spacial score (nSPS) is 18.6. The Morgan fingerprint density at radius 3 is 2.78 bits per heavy atom. The summed E-state index contributed by atoms with van der Waals surface area (Å²) in [6.07, 6.45) is -2.70. The molecule has 1 aromatic heterocycles. The van der Waals surface area contributed by atoms with E-state index in [1.54, 1.807) is 11.3 Å². The van der Waals surface area contributed by atoms with Gasteiger partial charge in [0.05, 0.1) is 17.2 Å². The van der Waals surface area contributed by atoms with Gasteiger partial charge in [0.2, 0.25) is 0 Å². The van der Waals surface area contributed by atoms with E-state index in [9.17, 15) is 13.2 Å². The first-order valence-corrected chi connectivity index (χ1v) is 9.93. The van der Waals surface area contributed by atoms with Crippen molar-refractivity contribution in [1.29, 1.82) is 0 Å². The molecular weight excluding hydrogens is 490 g/mol. The minimum absolute atomic E-state index is 0. The molecule has 0 aliphatic carbocycles. The lowest BCUT2D eigenvalue weighted by Gasteiger charge is -2.19. The number of nitrogens with zero attached hydrogens (tertiary/aromatic N) is 3. The number of hydrogen-bond donors (Lipinski definition) is 2. The summed E-state index contributed by atoms with van der Waals surface area (Å²) in [6, 6.07) is -0.0121. The molecule has 10 heteroatoms. The zero-order valence-corrected chi connectivity index (χ0v) is 19.1. The van der Waals surface area contributed by atoms with Crippen molar-refractivity contribution in [2.24, 2.45) is 4.99 Å². The first kappa shape index (κ1) is 24.4. The van der Waals surface area contributed by atoms with Crippen LogP contribution in [0.2, 0.25) is 0 Å². The summed E-state index contributed by atoms with van der Waals surface area (Å²) in [5, 5.41) is 9.61. The minimum Gasteiger partial charge on any atom is -0.357 e. The number of thiazole rings is 1. The number of guanidine groups is 1. The Bertz CT molecular complexity index is 591. The summed E-state index contributed by atoms with van der Waals surface area (Å²) in [7, 11) is 0. The molecule has 0 saturated carbocycles. The highest BCUT2D eigenvalue weighted by Gasteiger charge is 2.34. The fraction of sp³-hybridized carbons (Fsp3) is 0.765. The van der Waals surface area contributed by atoms with Crippen LogP contribution < -0.4 is 10.6 Å². The van der Waals surface area contributed by atoms with Crippen LogP contribution in [0.1, 0.15) is 43.8 Å². The lowest BCUT2D eigenvalue weighted by Crippen LogP contribution is -2.45. The molecule has 1 unspecified atom stereocenters. The van der Waals surface area contributed by atoms with Crippen molar-refractivity contribution < 1.29 is 13.2 Å². The van der Waals surface area contributed by atoms with Crippen LogP contribution in [-0.2, 0) is 6.42 Å². The van der Waals surface area contributed by atoms with Crippen molar-refractivity contribution in [3.8, 4) is 0 Å². The molecule has 2 heterocycles. The molecule has 0 bridgehead atoms. The molecule has 2 rings (SSSR count). The van der Waals surface area contributed by atoms with Crippen molar-refractivity contribution in [2.75, 3.05) is 32.7 Å². The molecule has 5 nitrogen and oxygen atoms in total. The highest BCUT2D eigenvalue weighted by molar-refractivity contribution is 14.0. The predicted octanol–water partition coefficient (Wildman–Crippen LogP) is 3.62. The van der Waals surface area contributed by atoms with Crippen LogP contribution in [0.3, 0.4) is 0 Å². The van der Waals surface area contributed by atoms with Gasteiger partial charge in [-0.3, -0.25) is 9.89 Å². The summed E-state index contributed by atoms with van der Waals surface area (Å²) < 4.78 is 37.5. The summed E-state index contributed by atoms with van der Waals surface area (Å²) in [4.78, 5) is 10.6. The molecule has 1 fully saturated rings. The second kappa shape index (κ2) is 11.4. The van der Waals surface area contributed by atoms with E-state index in [1.807, 2.05) is 6.92 Å². The van der Waals surface area contributed by atoms with Crippen molar-refractivity contribution in [3.05, 3.63) is 16.1 Å². The zero-order valence-electron chi connectivity index (χ0n) is 16.0. The minimum atomic E-state index is -4.14. The van der Waals surface area contributed by atoms with Gasteiger partial charge in [0.1, 0.15) is 0 Å². The van der Waals surface area contributed by atoms with E-state index >= 15 is 0 Å². The maximum atomic E-state index is 12.5. The maximum Gasteiger partial charge on any atom is 0.401 e. The van der Waals surface area contributed by atoms with E-state index in [2.05, 4.69) is 39.8 Å². The van der Waals surface area contributed by atoms with Gasteiger partial charge in [0.25, 0.3) is 0 Å². The Balaban J connectivity index is 0.00000364. The molecule has 27 heavy (non-hydrogen) atoms. The van der Waals surface area contributed by atoms with Crippen molar-refractivity contribution in [2.45, 2.75) is 51.7 Å². The lowest BCUT2D eigenvalue weighted by atomic mass is 10.2. The second-order valence-corrected chi connectivity index (χ2v) is 7.71. The number of rotatable bonds is 7. The van der Waals surface area contributed by atoms with Crippen molar-refractivity contribution in [1.82, 2.24) is 20.5 Å². The Hall–Kier alpha value is -0.620. The summed E-state index contributed by atoms with van der Waals surface area (Å²) >= 11 is 1.67. The Labute approximate surface area is 180 Å². The third-order valence-corrected chi connectivity index (χ3v) is 5.26. The molecule has 156 valence electrons. The quantitative estimate of drug-likeness (QED) is 0.329. The standard InChI is InChI=1S/C17H28F3N5S.HI/c1-4-21-16(22-7-5-14-10-26-15(23-14)12(2)3)24-13-6-8-25(9-13)11-17(18,19)20;/h10,12-13H,4-9,11H2,1-3H3,(H2,21,22,24);1H. The average Bonchev–Trinajstić information content (AvgIpc) is 3.15. The topological polar surface area (TPSA) is 52.6 Å². The van der Waals surface area contributed by atoms with Gasteiger partial charge in [-0.2, -0.15) is 13.2 Å². The van der Waals surface area contributed by atoms with Crippen molar-refractivity contribution >= 4 is 41.3 Å². The number of halogens is 4. The van der Waals surface area contributed by atoms with Gasteiger partial charge >= 0.3 is 6.18 Å². The largest absolute Gasteiger partial charge is 0.401 e. The first-order chi connectivity index (χ1) is 12.3.